The Hall–Kier alpha value is -1.61. The summed E-state index contributed by atoms with van der Waals surface area (Å²) in [4.78, 5) is 0. The number of rotatable bonds is 4. The SMILES string of the molecule is Cc1ccccc1CC(N)Cc1ccn(C)n1. The van der Waals surface area contributed by atoms with E-state index in [0.717, 1.165) is 18.5 Å². The minimum absolute atomic E-state index is 0.131. The molecule has 0 aliphatic heterocycles. The molecule has 3 heteroatoms. The maximum atomic E-state index is 6.17. The smallest absolute Gasteiger partial charge is 0.0640 e. The van der Waals surface area contributed by atoms with Crippen LogP contribution in [0, 0.1) is 6.92 Å². The molecule has 0 fully saturated rings. The number of benzene rings is 1. The number of nitrogens with two attached hydrogens (primary N) is 1. The molecule has 0 saturated heterocycles. The molecule has 90 valence electrons. The molecule has 1 aromatic heterocycles. The molecule has 0 amide bonds. The number of aryl methyl sites for hydroxylation is 2. The van der Waals surface area contributed by atoms with Crippen LogP contribution in [0.1, 0.15) is 16.8 Å². The van der Waals surface area contributed by atoms with Crippen molar-refractivity contribution in [2.45, 2.75) is 25.8 Å². The van der Waals surface area contributed by atoms with Crippen molar-refractivity contribution >= 4 is 0 Å². The first-order valence-corrected chi connectivity index (χ1v) is 5.94. The third kappa shape index (κ3) is 3.17. The van der Waals surface area contributed by atoms with Crippen molar-refractivity contribution in [2.75, 3.05) is 0 Å². The molecule has 17 heavy (non-hydrogen) atoms. The van der Waals surface area contributed by atoms with Crippen molar-refractivity contribution in [3.05, 3.63) is 53.3 Å². The van der Waals surface area contributed by atoms with Crippen LogP contribution < -0.4 is 5.73 Å². The van der Waals surface area contributed by atoms with Crippen molar-refractivity contribution in [1.82, 2.24) is 9.78 Å². The summed E-state index contributed by atoms with van der Waals surface area (Å²) < 4.78 is 1.82. The van der Waals surface area contributed by atoms with Crippen LogP contribution in [0.5, 0.6) is 0 Å². The molecular weight excluding hydrogens is 210 g/mol. The molecule has 0 spiro atoms. The molecule has 1 aromatic carbocycles. The molecule has 1 atom stereocenters. The lowest BCUT2D eigenvalue weighted by Crippen LogP contribution is -2.26. The van der Waals surface area contributed by atoms with Gasteiger partial charge in [0.25, 0.3) is 0 Å². The lowest BCUT2D eigenvalue weighted by atomic mass is 9.99. The highest BCUT2D eigenvalue weighted by Gasteiger charge is 2.08. The predicted octanol–water partition coefficient (Wildman–Crippen LogP) is 1.84. The van der Waals surface area contributed by atoms with E-state index in [1.54, 1.807) is 0 Å². The van der Waals surface area contributed by atoms with E-state index >= 15 is 0 Å². The molecule has 0 bridgehead atoms. The van der Waals surface area contributed by atoms with E-state index in [-0.39, 0.29) is 6.04 Å². The first-order valence-electron chi connectivity index (χ1n) is 5.94. The minimum Gasteiger partial charge on any atom is -0.327 e. The average Bonchev–Trinajstić information content (AvgIpc) is 2.67. The highest BCUT2D eigenvalue weighted by molar-refractivity contribution is 5.26. The quantitative estimate of drug-likeness (QED) is 0.869. The van der Waals surface area contributed by atoms with Crippen LogP contribution in [0.3, 0.4) is 0 Å². The van der Waals surface area contributed by atoms with E-state index in [1.165, 1.54) is 11.1 Å². The fourth-order valence-electron chi connectivity index (χ4n) is 2.03. The van der Waals surface area contributed by atoms with Crippen LogP contribution in [0.25, 0.3) is 0 Å². The number of hydrogen-bond donors (Lipinski definition) is 1. The van der Waals surface area contributed by atoms with Crippen molar-refractivity contribution in [3.63, 3.8) is 0 Å². The summed E-state index contributed by atoms with van der Waals surface area (Å²) in [5.74, 6) is 0. The second-order valence-electron chi connectivity index (χ2n) is 4.58. The first-order chi connectivity index (χ1) is 8.15. The fourth-order valence-corrected chi connectivity index (χ4v) is 2.03. The van der Waals surface area contributed by atoms with Gasteiger partial charge >= 0.3 is 0 Å². The lowest BCUT2D eigenvalue weighted by Gasteiger charge is -2.12. The van der Waals surface area contributed by atoms with E-state index in [1.807, 2.05) is 24.0 Å². The summed E-state index contributed by atoms with van der Waals surface area (Å²) in [6.07, 6.45) is 3.69. The van der Waals surface area contributed by atoms with Crippen LogP contribution in [0.4, 0.5) is 0 Å². The maximum Gasteiger partial charge on any atom is 0.0640 e. The highest BCUT2D eigenvalue weighted by atomic mass is 15.2. The number of hydrogen-bond acceptors (Lipinski definition) is 2. The zero-order valence-corrected chi connectivity index (χ0v) is 10.4. The predicted molar refractivity (Wildman–Crippen MR) is 69.8 cm³/mol. The van der Waals surface area contributed by atoms with E-state index in [4.69, 9.17) is 5.73 Å². The summed E-state index contributed by atoms with van der Waals surface area (Å²) in [7, 11) is 1.93. The zero-order chi connectivity index (χ0) is 12.3. The van der Waals surface area contributed by atoms with Gasteiger partial charge in [0.05, 0.1) is 5.69 Å². The van der Waals surface area contributed by atoms with Crippen LogP contribution >= 0.6 is 0 Å². The summed E-state index contributed by atoms with van der Waals surface area (Å²) in [5.41, 5.74) is 9.87. The third-order valence-corrected chi connectivity index (χ3v) is 2.98. The second kappa shape index (κ2) is 5.15. The third-order valence-electron chi connectivity index (χ3n) is 2.98. The second-order valence-corrected chi connectivity index (χ2v) is 4.58. The van der Waals surface area contributed by atoms with Gasteiger partial charge in [0, 0.05) is 25.7 Å². The molecule has 0 radical (unpaired) electrons. The Labute approximate surface area is 102 Å². The Kier molecular flexibility index (Phi) is 3.59. The van der Waals surface area contributed by atoms with Crippen LogP contribution in [0.15, 0.2) is 36.5 Å². The Morgan fingerprint density at radius 3 is 2.65 bits per heavy atom. The largest absolute Gasteiger partial charge is 0.327 e. The Morgan fingerprint density at radius 2 is 2.00 bits per heavy atom. The van der Waals surface area contributed by atoms with Crippen molar-refractivity contribution in [1.29, 1.82) is 0 Å². The van der Waals surface area contributed by atoms with Crippen LogP contribution in [-0.4, -0.2) is 15.8 Å². The van der Waals surface area contributed by atoms with Gasteiger partial charge in [-0.25, -0.2) is 0 Å². The van der Waals surface area contributed by atoms with Gasteiger partial charge in [-0.1, -0.05) is 24.3 Å². The van der Waals surface area contributed by atoms with Crippen molar-refractivity contribution < 1.29 is 0 Å². The minimum atomic E-state index is 0.131. The summed E-state index contributed by atoms with van der Waals surface area (Å²) in [6, 6.07) is 10.6. The molecule has 1 heterocycles. The zero-order valence-electron chi connectivity index (χ0n) is 10.4. The van der Waals surface area contributed by atoms with E-state index in [2.05, 4.69) is 36.3 Å². The van der Waals surface area contributed by atoms with Gasteiger partial charge in [0.15, 0.2) is 0 Å². The van der Waals surface area contributed by atoms with E-state index in [0.29, 0.717) is 0 Å². The van der Waals surface area contributed by atoms with Crippen LogP contribution in [-0.2, 0) is 19.9 Å². The molecular formula is C14H19N3. The van der Waals surface area contributed by atoms with Gasteiger partial charge < -0.3 is 5.73 Å². The average molecular weight is 229 g/mol. The fraction of sp³-hybridized carbons (Fsp3) is 0.357. The standard InChI is InChI=1S/C14H19N3/c1-11-5-3-4-6-12(11)9-13(15)10-14-7-8-17(2)16-14/h3-8,13H,9-10,15H2,1-2H3. The summed E-state index contributed by atoms with van der Waals surface area (Å²) >= 11 is 0. The van der Waals surface area contributed by atoms with Gasteiger partial charge in [-0.2, -0.15) is 5.10 Å². The van der Waals surface area contributed by atoms with Crippen LogP contribution in [0.2, 0.25) is 0 Å². The molecule has 2 rings (SSSR count). The molecule has 2 aromatic rings. The van der Waals surface area contributed by atoms with Gasteiger partial charge in [-0.15, -0.1) is 0 Å². The van der Waals surface area contributed by atoms with Crippen molar-refractivity contribution in [3.8, 4) is 0 Å². The Balaban J connectivity index is 1.98. The summed E-state index contributed by atoms with van der Waals surface area (Å²) in [5, 5.41) is 4.35. The molecule has 0 aliphatic rings. The molecule has 2 N–H and O–H groups in total. The molecule has 3 nitrogen and oxygen atoms in total. The van der Waals surface area contributed by atoms with Gasteiger partial charge in [0.2, 0.25) is 0 Å². The number of aromatic nitrogens is 2. The monoisotopic (exact) mass is 229 g/mol. The topological polar surface area (TPSA) is 43.8 Å². The first kappa shape index (κ1) is 11.9. The maximum absolute atomic E-state index is 6.17. The summed E-state index contributed by atoms with van der Waals surface area (Å²) in [6.45, 7) is 2.13. The molecule has 1 unspecified atom stereocenters. The van der Waals surface area contributed by atoms with E-state index in [9.17, 15) is 0 Å². The van der Waals surface area contributed by atoms with E-state index < -0.39 is 0 Å². The highest BCUT2D eigenvalue weighted by Crippen LogP contribution is 2.10. The Bertz CT molecular complexity index is 488. The Morgan fingerprint density at radius 1 is 1.24 bits per heavy atom. The van der Waals surface area contributed by atoms with Gasteiger partial charge in [-0.3, -0.25) is 4.68 Å². The van der Waals surface area contributed by atoms with Gasteiger partial charge in [-0.05, 0) is 30.5 Å². The molecule has 0 saturated carbocycles. The number of nitrogens with zero attached hydrogens (tertiary/aromatic N) is 2. The van der Waals surface area contributed by atoms with Gasteiger partial charge in [0.1, 0.15) is 0 Å². The molecule has 0 aliphatic carbocycles. The van der Waals surface area contributed by atoms with Crippen molar-refractivity contribution in [2.24, 2.45) is 12.8 Å². The lowest BCUT2D eigenvalue weighted by molar-refractivity contribution is 0.637. The normalized spacial score (nSPS) is 12.6.